The highest BCUT2D eigenvalue weighted by atomic mass is 32.2. The van der Waals surface area contributed by atoms with Gasteiger partial charge in [-0.15, -0.1) is 0 Å². The average molecular weight is 523 g/mol. The van der Waals surface area contributed by atoms with Crippen LogP contribution in [0.15, 0.2) is 79.1 Å². The van der Waals surface area contributed by atoms with Gasteiger partial charge in [0.25, 0.3) is 0 Å². The van der Waals surface area contributed by atoms with E-state index in [1.54, 1.807) is 42.6 Å². The minimum Gasteiger partial charge on any atom is -0.384 e. The van der Waals surface area contributed by atoms with Crippen LogP contribution in [0.3, 0.4) is 0 Å². The zero-order chi connectivity index (χ0) is 26.7. The molecule has 10 nitrogen and oxygen atoms in total. The molecular weight excluding hydrogens is 492 g/mol. The number of hydrogen-bond acceptors (Lipinski definition) is 6. The van der Waals surface area contributed by atoms with Gasteiger partial charge in [-0.05, 0) is 35.6 Å². The fraction of sp³-hybridized carbons (Fsp3) is 0.231. The molecule has 3 rings (SSSR count). The maximum absolute atomic E-state index is 12.9. The van der Waals surface area contributed by atoms with E-state index < -0.39 is 27.9 Å². The van der Waals surface area contributed by atoms with Crippen LogP contribution in [0.25, 0.3) is 0 Å². The molecule has 0 radical (unpaired) electrons. The second-order valence-corrected chi connectivity index (χ2v) is 10.2. The monoisotopic (exact) mass is 522 g/mol. The van der Waals surface area contributed by atoms with E-state index in [1.165, 1.54) is 6.20 Å². The maximum Gasteiger partial charge on any atom is 0.239 e. The Morgan fingerprint density at radius 1 is 0.919 bits per heavy atom. The molecule has 37 heavy (non-hydrogen) atoms. The molecule has 0 bridgehead atoms. The molecule has 0 aliphatic carbocycles. The van der Waals surface area contributed by atoms with Gasteiger partial charge in [0.05, 0.1) is 12.3 Å². The Labute approximate surface area is 216 Å². The summed E-state index contributed by atoms with van der Waals surface area (Å²) in [5.74, 6) is -1.38. The summed E-state index contributed by atoms with van der Waals surface area (Å²) in [4.78, 5) is 29.1. The highest BCUT2D eigenvalue weighted by Crippen LogP contribution is 2.09. The third kappa shape index (κ3) is 9.47. The Morgan fingerprint density at radius 3 is 2.27 bits per heavy atom. The van der Waals surface area contributed by atoms with Crippen LogP contribution in [0.2, 0.25) is 0 Å². The number of amides is 2. The first-order valence-electron chi connectivity index (χ1n) is 11.6. The average Bonchev–Trinajstić information content (AvgIpc) is 2.89. The van der Waals surface area contributed by atoms with Crippen LogP contribution in [0.5, 0.6) is 0 Å². The molecule has 11 heteroatoms. The molecule has 0 aliphatic rings. The van der Waals surface area contributed by atoms with Crippen LogP contribution in [-0.4, -0.2) is 43.6 Å². The van der Waals surface area contributed by atoms with Gasteiger partial charge < -0.3 is 16.4 Å². The first-order chi connectivity index (χ1) is 17.7. The van der Waals surface area contributed by atoms with Crippen LogP contribution >= 0.6 is 0 Å². The van der Waals surface area contributed by atoms with E-state index >= 15 is 0 Å². The fourth-order valence-corrected chi connectivity index (χ4v) is 4.87. The number of carbonyl (C=O) groups excluding carboxylic acids is 2. The first-order valence-corrected chi connectivity index (χ1v) is 13.3. The quantitative estimate of drug-likeness (QED) is 0.167. The molecule has 3 aromatic rings. The summed E-state index contributed by atoms with van der Waals surface area (Å²) in [6.07, 6.45) is 3.69. The third-order valence-corrected chi connectivity index (χ3v) is 6.82. The molecule has 0 aliphatic heterocycles. The summed E-state index contributed by atoms with van der Waals surface area (Å²) in [7, 11) is -3.85. The molecule has 1 heterocycles. The number of carbonyl (C=O) groups is 2. The summed E-state index contributed by atoms with van der Waals surface area (Å²) >= 11 is 0. The van der Waals surface area contributed by atoms with E-state index in [4.69, 9.17) is 11.1 Å². The topological polar surface area (TPSA) is 167 Å². The van der Waals surface area contributed by atoms with Gasteiger partial charge >= 0.3 is 0 Å². The van der Waals surface area contributed by atoms with Gasteiger partial charge in [0, 0.05) is 24.5 Å². The Morgan fingerprint density at radius 2 is 1.62 bits per heavy atom. The number of aryl methyl sites for hydroxylation is 1. The molecule has 0 fully saturated rings. The lowest BCUT2D eigenvalue weighted by Crippen LogP contribution is -2.49. The molecule has 194 valence electrons. The molecule has 0 saturated heterocycles. The molecular formula is C26H30N6O4S. The smallest absolute Gasteiger partial charge is 0.239 e. The number of nitrogens with one attached hydrogen (secondary N) is 4. The zero-order valence-corrected chi connectivity index (χ0v) is 21.0. The molecule has 0 saturated carbocycles. The predicted octanol–water partition coefficient (Wildman–Crippen LogP) is 1.22. The van der Waals surface area contributed by atoms with Gasteiger partial charge in [-0.25, -0.2) is 13.1 Å². The summed E-state index contributed by atoms with van der Waals surface area (Å²) in [6.45, 7) is -0.0847. The molecule has 2 aromatic carbocycles. The number of sulfonamides is 1. The van der Waals surface area contributed by atoms with Crippen LogP contribution in [0.1, 0.15) is 28.7 Å². The number of aromatic nitrogens is 1. The SMILES string of the molecule is N=C(N)c1ccc(CNC(=O)CNC(=O)[C@@H](CCc2ccccc2)NS(=O)(=O)Cc2cccnc2)cc1. The lowest BCUT2D eigenvalue weighted by Gasteiger charge is -2.19. The summed E-state index contributed by atoms with van der Waals surface area (Å²) < 4.78 is 28.0. The van der Waals surface area contributed by atoms with Crippen molar-refractivity contribution in [1.82, 2.24) is 20.3 Å². The van der Waals surface area contributed by atoms with Crippen LogP contribution < -0.4 is 21.1 Å². The number of benzene rings is 2. The predicted molar refractivity (Wildman–Crippen MR) is 141 cm³/mol. The van der Waals surface area contributed by atoms with Crippen molar-refractivity contribution in [2.24, 2.45) is 5.73 Å². The summed E-state index contributed by atoms with van der Waals surface area (Å²) in [5.41, 5.74) is 8.27. The van der Waals surface area contributed by atoms with E-state index in [0.717, 1.165) is 11.1 Å². The van der Waals surface area contributed by atoms with Crippen molar-refractivity contribution in [3.8, 4) is 0 Å². The van der Waals surface area contributed by atoms with E-state index in [-0.39, 0.29) is 31.1 Å². The summed E-state index contributed by atoms with van der Waals surface area (Å²) in [6, 6.07) is 18.5. The van der Waals surface area contributed by atoms with Gasteiger partial charge in [0.2, 0.25) is 21.8 Å². The van der Waals surface area contributed by atoms with Crippen molar-refractivity contribution < 1.29 is 18.0 Å². The Balaban J connectivity index is 1.57. The largest absolute Gasteiger partial charge is 0.384 e. The Bertz CT molecular complexity index is 1300. The lowest BCUT2D eigenvalue weighted by atomic mass is 10.1. The van der Waals surface area contributed by atoms with Crippen LogP contribution in [-0.2, 0) is 38.3 Å². The number of nitrogen functional groups attached to an aromatic ring is 1. The van der Waals surface area contributed by atoms with Crippen LogP contribution in [0.4, 0.5) is 0 Å². The van der Waals surface area contributed by atoms with Crippen molar-refractivity contribution in [2.45, 2.75) is 31.2 Å². The van der Waals surface area contributed by atoms with Gasteiger partial charge in [0.15, 0.2) is 0 Å². The molecule has 6 N–H and O–H groups in total. The maximum atomic E-state index is 12.9. The first kappa shape index (κ1) is 27.5. The second-order valence-electron chi connectivity index (χ2n) is 8.42. The lowest BCUT2D eigenvalue weighted by molar-refractivity contribution is -0.127. The molecule has 1 atom stereocenters. The van der Waals surface area contributed by atoms with Crippen molar-refractivity contribution in [2.75, 3.05) is 6.54 Å². The number of nitrogens with zero attached hydrogens (tertiary/aromatic N) is 1. The fourth-order valence-electron chi connectivity index (χ4n) is 3.52. The van der Waals surface area contributed by atoms with Crippen molar-refractivity contribution in [1.29, 1.82) is 5.41 Å². The van der Waals surface area contributed by atoms with E-state index in [9.17, 15) is 18.0 Å². The normalized spacial score (nSPS) is 11.9. The van der Waals surface area contributed by atoms with Gasteiger partial charge in [0.1, 0.15) is 11.9 Å². The Kier molecular flexibility index (Phi) is 9.87. The van der Waals surface area contributed by atoms with Gasteiger partial charge in [-0.2, -0.15) is 0 Å². The van der Waals surface area contributed by atoms with Crippen molar-refractivity contribution >= 4 is 27.7 Å². The van der Waals surface area contributed by atoms with Gasteiger partial charge in [-0.1, -0.05) is 60.7 Å². The van der Waals surface area contributed by atoms with Crippen molar-refractivity contribution in [3.05, 3.63) is 101 Å². The Hall–Kier alpha value is -4.09. The minimum atomic E-state index is -3.85. The van der Waals surface area contributed by atoms with E-state index in [0.29, 0.717) is 17.5 Å². The summed E-state index contributed by atoms with van der Waals surface area (Å²) in [5, 5.41) is 12.6. The second kappa shape index (κ2) is 13.3. The molecule has 2 amide bonds. The van der Waals surface area contributed by atoms with Crippen molar-refractivity contribution in [3.63, 3.8) is 0 Å². The van der Waals surface area contributed by atoms with E-state index in [1.807, 2.05) is 30.3 Å². The molecule has 1 aromatic heterocycles. The number of rotatable bonds is 13. The number of hydrogen-bond donors (Lipinski definition) is 5. The van der Waals surface area contributed by atoms with E-state index in [2.05, 4.69) is 20.3 Å². The number of amidine groups is 1. The minimum absolute atomic E-state index is 0.0452. The van der Waals surface area contributed by atoms with Gasteiger partial charge in [-0.3, -0.25) is 20.0 Å². The molecule has 0 spiro atoms. The highest BCUT2D eigenvalue weighted by Gasteiger charge is 2.25. The number of pyridine rings is 1. The molecule has 0 unspecified atom stereocenters. The van der Waals surface area contributed by atoms with Crippen LogP contribution in [0, 0.1) is 5.41 Å². The third-order valence-electron chi connectivity index (χ3n) is 5.46. The highest BCUT2D eigenvalue weighted by molar-refractivity contribution is 7.88. The zero-order valence-electron chi connectivity index (χ0n) is 20.2. The standard InChI is InChI=1S/C26H30N6O4S/c27-25(28)22-11-8-20(9-12-22)16-30-24(33)17-31-26(34)23(13-10-19-5-2-1-3-6-19)32-37(35,36)18-21-7-4-14-29-15-21/h1-9,11-12,14-15,23,32H,10,13,16-18H2,(H3,27,28)(H,30,33)(H,31,34)/t23-/m1/s1. The number of nitrogens with two attached hydrogens (primary N) is 1.